The first-order chi connectivity index (χ1) is 9.10. The Morgan fingerprint density at radius 2 is 2.05 bits per heavy atom. The summed E-state index contributed by atoms with van der Waals surface area (Å²) in [5.74, 6) is 0.534. The molecule has 0 amide bonds. The van der Waals surface area contributed by atoms with Crippen molar-refractivity contribution >= 4 is 11.6 Å². The fourth-order valence-electron chi connectivity index (χ4n) is 1.56. The van der Waals surface area contributed by atoms with E-state index in [1.807, 2.05) is 13.0 Å². The Morgan fingerprint density at radius 3 is 2.63 bits per heavy atom. The van der Waals surface area contributed by atoms with E-state index in [9.17, 15) is 4.39 Å². The van der Waals surface area contributed by atoms with Crippen molar-refractivity contribution in [3.05, 3.63) is 53.1 Å². The van der Waals surface area contributed by atoms with Gasteiger partial charge in [-0.3, -0.25) is 4.98 Å². The Morgan fingerprint density at radius 1 is 1.32 bits per heavy atom. The van der Waals surface area contributed by atoms with Crippen molar-refractivity contribution in [2.45, 2.75) is 19.4 Å². The second-order valence-corrected chi connectivity index (χ2v) is 4.52. The van der Waals surface area contributed by atoms with Gasteiger partial charge in [0.2, 0.25) is 0 Å². The number of aromatic nitrogens is 1. The van der Waals surface area contributed by atoms with Crippen LogP contribution in [0.4, 0.5) is 4.39 Å². The fraction of sp³-hybridized carbons (Fsp3) is 0.214. The number of halogens is 2. The molecule has 2 aromatic rings. The monoisotopic (exact) mass is 280 g/mol. The van der Waals surface area contributed by atoms with Gasteiger partial charge in [0.15, 0.2) is 0 Å². The van der Waals surface area contributed by atoms with Crippen LogP contribution in [-0.2, 0) is 0 Å². The molecule has 1 heterocycles. The molecular weight excluding hydrogens is 267 g/mol. The van der Waals surface area contributed by atoms with E-state index < -0.39 is 5.82 Å². The van der Waals surface area contributed by atoms with Gasteiger partial charge in [-0.05, 0) is 30.7 Å². The zero-order chi connectivity index (χ0) is 13.8. The minimum absolute atomic E-state index is 0.0232. The molecule has 100 valence electrons. The van der Waals surface area contributed by atoms with Gasteiger partial charge in [-0.1, -0.05) is 18.5 Å². The second kappa shape index (κ2) is 5.99. The molecule has 0 bridgehead atoms. The lowest BCUT2D eigenvalue weighted by atomic mass is 10.1. The van der Waals surface area contributed by atoms with Crippen molar-refractivity contribution < 1.29 is 9.13 Å². The first-order valence-electron chi connectivity index (χ1n) is 5.94. The molecule has 0 radical (unpaired) electrons. The predicted octanol–water partition coefficient (Wildman–Crippen LogP) is 4.08. The molecular formula is C14H14ClFN2O. The van der Waals surface area contributed by atoms with E-state index >= 15 is 0 Å². The summed E-state index contributed by atoms with van der Waals surface area (Å²) in [5.41, 5.74) is 6.68. The van der Waals surface area contributed by atoms with Gasteiger partial charge in [-0.15, -0.1) is 0 Å². The third kappa shape index (κ3) is 3.43. The Hall–Kier alpha value is -1.65. The molecule has 19 heavy (non-hydrogen) atoms. The lowest BCUT2D eigenvalue weighted by Crippen LogP contribution is -2.10. The van der Waals surface area contributed by atoms with Gasteiger partial charge in [-0.25, -0.2) is 4.39 Å². The topological polar surface area (TPSA) is 48.1 Å². The zero-order valence-corrected chi connectivity index (χ0v) is 11.2. The summed E-state index contributed by atoms with van der Waals surface area (Å²) in [6, 6.07) is 7.69. The molecule has 3 nitrogen and oxygen atoms in total. The highest BCUT2D eigenvalue weighted by molar-refractivity contribution is 6.30. The van der Waals surface area contributed by atoms with Gasteiger partial charge in [-0.2, -0.15) is 0 Å². The van der Waals surface area contributed by atoms with E-state index in [1.54, 1.807) is 12.3 Å². The molecule has 0 spiro atoms. The van der Waals surface area contributed by atoms with Crippen molar-refractivity contribution in [3.63, 3.8) is 0 Å². The number of nitrogens with zero attached hydrogens (tertiary/aromatic N) is 1. The van der Waals surface area contributed by atoms with Crippen LogP contribution >= 0.6 is 11.6 Å². The normalized spacial score (nSPS) is 12.2. The molecule has 0 fully saturated rings. The molecule has 1 atom stereocenters. The van der Waals surface area contributed by atoms with Crippen molar-refractivity contribution in [1.29, 1.82) is 0 Å². The van der Waals surface area contributed by atoms with Gasteiger partial charge < -0.3 is 10.5 Å². The molecule has 0 aliphatic rings. The Kier molecular flexibility index (Phi) is 4.35. The van der Waals surface area contributed by atoms with E-state index in [1.165, 1.54) is 18.2 Å². The van der Waals surface area contributed by atoms with Crippen LogP contribution in [0.5, 0.6) is 11.5 Å². The van der Waals surface area contributed by atoms with Crippen LogP contribution < -0.4 is 10.5 Å². The van der Waals surface area contributed by atoms with Crippen molar-refractivity contribution in [2.24, 2.45) is 5.73 Å². The highest BCUT2D eigenvalue weighted by Gasteiger charge is 2.06. The minimum atomic E-state index is -0.476. The molecule has 2 N–H and O–H groups in total. The van der Waals surface area contributed by atoms with Crippen LogP contribution in [0.15, 0.2) is 36.5 Å². The summed E-state index contributed by atoms with van der Waals surface area (Å²) in [7, 11) is 0. The van der Waals surface area contributed by atoms with Crippen LogP contribution in [0.2, 0.25) is 5.02 Å². The Balaban J connectivity index is 2.12. The van der Waals surface area contributed by atoms with Gasteiger partial charge in [0.25, 0.3) is 0 Å². The standard InChI is InChI=1S/C14H14ClFN2O/c1-2-13(17)14-6-4-10(8-18-14)19-9-3-5-12(16)11(15)7-9/h3-8,13H,2,17H2,1H3. The quantitative estimate of drug-likeness (QED) is 0.918. The van der Waals surface area contributed by atoms with Crippen molar-refractivity contribution in [2.75, 3.05) is 0 Å². The summed E-state index contributed by atoms with van der Waals surface area (Å²) in [5, 5.41) is 0.0232. The summed E-state index contributed by atoms with van der Waals surface area (Å²) in [6.07, 6.45) is 2.41. The molecule has 2 rings (SSSR count). The molecule has 5 heteroatoms. The fourth-order valence-corrected chi connectivity index (χ4v) is 1.73. The SMILES string of the molecule is CCC(N)c1ccc(Oc2ccc(F)c(Cl)c2)cn1. The van der Waals surface area contributed by atoms with Gasteiger partial charge in [0.1, 0.15) is 17.3 Å². The minimum Gasteiger partial charge on any atom is -0.456 e. The molecule has 0 aliphatic heterocycles. The Bertz CT molecular complexity index is 560. The number of hydrogen-bond acceptors (Lipinski definition) is 3. The highest BCUT2D eigenvalue weighted by Crippen LogP contribution is 2.26. The van der Waals surface area contributed by atoms with Crippen molar-refractivity contribution in [3.8, 4) is 11.5 Å². The smallest absolute Gasteiger partial charge is 0.145 e. The van der Waals surface area contributed by atoms with E-state index in [-0.39, 0.29) is 11.1 Å². The average Bonchev–Trinajstić information content (AvgIpc) is 2.43. The summed E-state index contributed by atoms with van der Waals surface area (Å²) >= 11 is 5.68. The maximum atomic E-state index is 13.0. The molecule has 1 aromatic carbocycles. The van der Waals surface area contributed by atoms with Crippen LogP contribution in [0.1, 0.15) is 25.1 Å². The zero-order valence-electron chi connectivity index (χ0n) is 10.4. The van der Waals surface area contributed by atoms with Crippen LogP contribution in [0.3, 0.4) is 0 Å². The van der Waals surface area contributed by atoms with E-state index in [0.717, 1.165) is 12.1 Å². The molecule has 0 saturated carbocycles. The molecule has 1 aromatic heterocycles. The van der Waals surface area contributed by atoms with E-state index in [0.29, 0.717) is 11.5 Å². The number of nitrogens with two attached hydrogens (primary N) is 1. The van der Waals surface area contributed by atoms with Crippen LogP contribution in [0.25, 0.3) is 0 Å². The maximum Gasteiger partial charge on any atom is 0.145 e. The number of hydrogen-bond donors (Lipinski definition) is 1. The molecule has 1 unspecified atom stereocenters. The van der Waals surface area contributed by atoms with Gasteiger partial charge in [0.05, 0.1) is 16.9 Å². The first kappa shape index (κ1) is 13.8. The second-order valence-electron chi connectivity index (χ2n) is 4.11. The van der Waals surface area contributed by atoms with Crippen LogP contribution in [-0.4, -0.2) is 4.98 Å². The first-order valence-corrected chi connectivity index (χ1v) is 6.32. The third-order valence-electron chi connectivity index (χ3n) is 2.71. The molecule has 0 aliphatic carbocycles. The van der Waals surface area contributed by atoms with Crippen molar-refractivity contribution in [1.82, 2.24) is 4.98 Å². The highest BCUT2D eigenvalue weighted by atomic mass is 35.5. The number of rotatable bonds is 4. The third-order valence-corrected chi connectivity index (χ3v) is 3.00. The molecule has 0 saturated heterocycles. The van der Waals surface area contributed by atoms with Crippen LogP contribution in [0, 0.1) is 5.82 Å². The summed E-state index contributed by atoms with van der Waals surface area (Å²) in [6.45, 7) is 2.00. The predicted molar refractivity (Wildman–Crippen MR) is 72.9 cm³/mol. The number of ether oxygens (including phenoxy) is 1. The average molecular weight is 281 g/mol. The maximum absolute atomic E-state index is 13.0. The lowest BCUT2D eigenvalue weighted by molar-refractivity contribution is 0.477. The Labute approximate surface area is 116 Å². The largest absolute Gasteiger partial charge is 0.456 e. The summed E-state index contributed by atoms with van der Waals surface area (Å²) in [4.78, 5) is 4.23. The van der Waals surface area contributed by atoms with Gasteiger partial charge >= 0.3 is 0 Å². The number of benzene rings is 1. The van der Waals surface area contributed by atoms with E-state index in [2.05, 4.69) is 4.98 Å². The van der Waals surface area contributed by atoms with Gasteiger partial charge in [0, 0.05) is 12.1 Å². The van der Waals surface area contributed by atoms with E-state index in [4.69, 9.17) is 22.1 Å². The lowest BCUT2D eigenvalue weighted by Gasteiger charge is -2.10. The summed E-state index contributed by atoms with van der Waals surface area (Å²) < 4.78 is 18.5. The number of pyridine rings is 1.